The van der Waals surface area contributed by atoms with E-state index >= 15 is 0 Å². The van der Waals surface area contributed by atoms with Crippen molar-refractivity contribution in [3.05, 3.63) is 17.7 Å². The lowest BCUT2D eigenvalue weighted by molar-refractivity contribution is 0.454. The molecule has 2 rings (SSSR count). The second-order valence-electron chi connectivity index (χ2n) is 3.52. The van der Waals surface area contributed by atoms with Crippen LogP contribution in [0.1, 0.15) is 24.7 Å². The van der Waals surface area contributed by atoms with Crippen LogP contribution in [-0.2, 0) is 5.75 Å². The molecule has 2 aromatic heterocycles. The largest absolute Gasteiger partial charge is 0.440 e. The molecule has 0 aliphatic heterocycles. The molecular formula is C10H14N4OS2. The van der Waals surface area contributed by atoms with Gasteiger partial charge in [0.05, 0.1) is 11.4 Å². The third-order valence-corrected chi connectivity index (χ3v) is 3.60. The highest BCUT2D eigenvalue weighted by molar-refractivity contribution is 7.98. The van der Waals surface area contributed by atoms with Gasteiger partial charge >= 0.3 is 0 Å². The molecule has 0 atom stereocenters. The Hall–Kier alpha value is -1.08. The first-order valence-corrected chi connectivity index (χ1v) is 7.15. The van der Waals surface area contributed by atoms with Crippen LogP contribution in [0.5, 0.6) is 0 Å². The zero-order chi connectivity index (χ0) is 12.1. The molecule has 0 aromatic carbocycles. The summed E-state index contributed by atoms with van der Waals surface area (Å²) in [6, 6.07) is 0. The summed E-state index contributed by atoms with van der Waals surface area (Å²) >= 11 is 2.93. The summed E-state index contributed by atoms with van der Waals surface area (Å²) in [5.74, 6) is 0.725. The Kier molecular flexibility index (Phi) is 4.38. The van der Waals surface area contributed by atoms with Crippen molar-refractivity contribution in [3.63, 3.8) is 0 Å². The number of aryl methyl sites for hydroxylation is 1. The third kappa shape index (κ3) is 3.44. The van der Waals surface area contributed by atoms with Crippen molar-refractivity contribution < 1.29 is 4.42 Å². The first-order chi connectivity index (χ1) is 8.29. The van der Waals surface area contributed by atoms with Crippen molar-refractivity contribution in [2.75, 3.05) is 11.9 Å². The summed E-state index contributed by atoms with van der Waals surface area (Å²) in [7, 11) is 0. The number of hydrogen-bond donors (Lipinski definition) is 1. The zero-order valence-electron chi connectivity index (χ0n) is 9.77. The highest BCUT2D eigenvalue weighted by Crippen LogP contribution is 2.26. The lowest BCUT2D eigenvalue weighted by Crippen LogP contribution is -2.00. The van der Waals surface area contributed by atoms with E-state index in [9.17, 15) is 0 Å². The first kappa shape index (κ1) is 12.4. The van der Waals surface area contributed by atoms with E-state index in [1.54, 1.807) is 6.26 Å². The topological polar surface area (TPSA) is 63.8 Å². The quantitative estimate of drug-likeness (QED) is 0.814. The number of anilines is 1. The second-order valence-corrected chi connectivity index (χ2v) is 5.20. The molecule has 2 aromatic rings. The molecule has 0 spiro atoms. The predicted molar refractivity (Wildman–Crippen MR) is 69.5 cm³/mol. The summed E-state index contributed by atoms with van der Waals surface area (Å²) in [5.41, 5.74) is 1.86. The van der Waals surface area contributed by atoms with E-state index in [1.165, 1.54) is 23.3 Å². The highest BCUT2D eigenvalue weighted by atomic mass is 32.2. The molecule has 1 N–H and O–H groups in total. The average molecular weight is 270 g/mol. The third-order valence-electron chi connectivity index (χ3n) is 2.02. The Labute approximate surface area is 108 Å². The number of nitrogens with one attached hydrogen (secondary N) is 1. The minimum Gasteiger partial charge on any atom is -0.440 e. The molecule has 7 heteroatoms. The fourth-order valence-corrected chi connectivity index (χ4v) is 2.69. The van der Waals surface area contributed by atoms with Crippen LogP contribution in [0.15, 0.2) is 15.9 Å². The molecular weight excluding hydrogens is 256 g/mol. The van der Waals surface area contributed by atoms with E-state index in [0.717, 1.165) is 35.1 Å². The fourth-order valence-electron chi connectivity index (χ4n) is 1.20. The van der Waals surface area contributed by atoms with Gasteiger partial charge in [0.25, 0.3) is 5.22 Å². The maximum Gasteiger partial charge on any atom is 0.256 e. The van der Waals surface area contributed by atoms with E-state index in [2.05, 4.69) is 26.8 Å². The number of hydrogen-bond acceptors (Lipinski definition) is 7. The van der Waals surface area contributed by atoms with Crippen LogP contribution in [0, 0.1) is 6.92 Å². The molecule has 0 aliphatic carbocycles. The van der Waals surface area contributed by atoms with Gasteiger partial charge in [-0.3, -0.25) is 0 Å². The minimum absolute atomic E-state index is 0.678. The van der Waals surface area contributed by atoms with Crippen LogP contribution in [0.4, 0.5) is 5.00 Å². The molecule has 5 nitrogen and oxygen atoms in total. The Bertz CT molecular complexity index is 468. The zero-order valence-corrected chi connectivity index (χ0v) is 11.4. The standard InChI is InChI=1S/C10H14N4OS2/c1-3-4-11-9-8(13-14-17-9)6-16-10-12-7(2)5-15-10/h5,11H,3-4,6H2,1-2H3. The van der Waals surface area contributed by atoms with Crippen molar-refractivity contribution in [2.45, 2.75) is 31.2 Å². The van der Waals surface area contributed by atoms with Gasteiger partial charge in [-0.2, -0.15) is 0 Å². The van der Waals surface area contributed by atoms with E-state index in [4.69, 9.17) is 4.42 Å². The molecule has 2 heterocycles. The number of nitrogens with zero attached hydrogens (tertiary/aromatic N) is 3. The summed E-state index contributed by atoms with van der Waals surface area (Å²) in [5, 5.41) is 9.14. The van der Waals surface area contributed by atoms with Crippen molar-refractivity contribution in [2.24, 2.45) is 0 Å². The van der Waals surface area contributed by atoms with Gasteiger partial charge in [0.1, 0.15) is 17.0 Å². The Morgan fingerprint density at radius 3 is 3.12 bits per heavy atom. The number of oxazole rings is 1. The fraction of sp³-hybridized carbons (Fsp3) is 0.500. The molecule has 92 valence electrons. The van der Waals surface area contributed by atoms with Crippen LogP contribution >= 0.6 is 23.3 Å². The number of thioether (sulfide) groups is 1. The van der Waals surface area contributed by atoms with Gasteiger partial charge in [0.2, 0.25) is 0 Å². The lowest BCUT2D eigenvalue weighted by Gasteiger charge is -2.01. The summed E-state index contributed by atoms with van der Waals surface area (Å²) in [6.07, 6.45) is 2.74. The van der Waals surface area contributed by atoms with Crippen molar-refractivity contribution in [1.29, 1.82) is 0 Å². The minimum atomic E-state index is 0.678. The van der Waals surface area contributed by atoms with E-state index in [0.29, 0.717) is 5.22 Å². The van der Waals surface area contributed by atoms with Gasteiger partial charge in [-0.1, -0.05) is 23.2 Å². The molecule has 0 aliphatic rings. The summed E-state index contributed by atoms with van der Waals surface area (Å²) in [4.78, 5) is 4.23. The molecule has 0 amide bonds. The van der Waals surface area contributed by atoms with Crippen LogP contribution in [-0.4, -0.2) is 21.1 Å². The highest BCUT2D eigenvalue weighted by Gasteiger charge is 2.09. The molecule has 0 radical (unpaired) electrons. The number of aromatic nitrogens is 3. The van der Waals surface area contributed by atoms with Gasteiger partial charge in [-0.05, 0) is 13.3 Å². The number of rotatable bonds is 6. The monoisotopic (exact) mass is 270 g/mol. The normalized spacial score (nSPS) is 10.7. The lowest BCUT2D eigenvalue weighted by atomic mass is 10.4. The van der Waals surface area contributed by atoms with Crippen LogP contribution in [0.3, 0.4) is 0 Å². The first-order valence-electron chi connectivity index (χ1n) is 5.39. The van der Waals surface area contributed by atoms with Crippen molar-refractivity contribution >= 4 is 28.3 Å². The van der Waals surface area contributed by atoms with Gasteiger partial charge in [-0.25, -0.2) is 4.98 Å². The summed E-state index contributed by atoms with van der Waals surface area (Å²) < 4.78 is 9.23. The molecule has 0 bridgehead atoms. The van der Waals surface area contributed by atoms with Crippen LogP contribution in [0.25, 0.3) is 0 Å². The Morgan fingerprint density at radius 1 is 1.53 bits per heavy atom. The second kappa shape index (κ2) is 6.02. The smallest absolute Gasteiger partial charge is 0.256 e. The summed E-state index contributed by atoms with van der Waals surface area (Å²) in [6.45, 7) is 4.98. The molecule has 17 heavy (non-hydrogen) atoms. The molecule has 0 saturated carbocycles. The SMILES string of the molecule is CCCNc1snnc1CSc1nc(C)co1. The van der Waals surface area contributed by atoms with Crippen molar-refractivity contribution in [1.82, 2.24) is 14.6 Å². The molecule has 0 fully saturated rings. The van der Waals surface area contributed by atoms with E-state index < -0.39 is 0 Å². The van der Waals surface area contributed by atoms with Gasteiger partial charge in [0.15, 0.2) is 0 Å². The van der Waals surface area contributed by atoms with E-state index in [1.807, 2.05) is 6.92 Å². The predicted octanol–water partition coefficient (Wildman–Crippen LogP) is 2.95. The van der Waals surface area contributed by atoms with Gasteiger partial charge < -0.3 is 9.73 Å². The molecule has 0 saturated heterocycles. The Morgan fingerprint density at radius 2 is 2.41 bits per heavy atom. The average Bonchev–Trinajstić information content (AvgIpc) is 2.92. The van der Waals surface area contributed by atoms with Gasteiger partial charge in [-0.15, -0.1) is 5.10 Å². The Balaban J connectivity index is 1.92. The van der Waals surface area contributed by atoms with E-state index in [-0.39, 0.29) is 0 Å². The maximum absolute atomic E-state index is 5.27. The van der Waals surface area contributed by atoms with Crippen LogP contribution in [0.2, 0.25) is 0 Å². The maximum atomic E-state index is 5.27. The van der Waals surface area contributed by atoms with Crippen molar-refractivity contribution in [3.8, 4) is 0 Å². The van der Waals surface area contributed by atoms with Gasteiger partial charge in [0, 0.05) is 18.1 Å². The molecule has 0 unspecified atom stereocenters. The van der Waals surface area contributed by atoms with Crippen LogP contribution < -0.4 is 5.32 Å².